The summed E-state index contributed by atoms with van der Waals surface area (Å²) in [5.74, 6) is 0.700. The third-order valence-corrected chi connectivity index (χ3v) is 4.65. The summed E-state index contributed by atoms with van der Waals surface area (Å²) in [5.41, 5.74) is 2.39. The third kappa shape index (κ3) is 3.26. The lowest BCUT2D eigenvalue weighted by Gasteiger charge is -2.39. The van der Waals surface area contributed by atoms with Gasteiger partial charge in [-0.3, -0.25) is 0 Å². The van der Waals surface area contributed by atoms with Crippen molar-refractivity contribution in [3.8, 4) is 11.5 Å². The highest BCUT2D eigenvalue weighted by atomic mass is 16.4. The van der Waals surface area contributed by atoms with E-state index in [0.29, 0.717) is 24.0 Å². The largest absolute Gasteiger partial charge is 0.423 e. The quantitative estimate of drug-likeness (QED) is 0.903. The standard InChI is InChI=1S/C17H22N4O3/c1-11-5-6-13(16-20-18-10-24-16)8-14(11)19-17(23)21-7-3-4-12(2)15(21)9-22/h5-6,8,10,12,15,22H,3-4,7,9H2,1-2H3,(H,19,23). The maximum atomic E-state index is 12.7. The summed E-state index contributed by atoms with van der Waals surface area (Å²) < 4.78 is 5.21. The average molecular weight is 330 g/mol. The molecule has 2 unspecified atom stereocenters. The van der Waals surface area contributed by atoms with Gasteiger partial charge in [-0.15, -0.1) is 10.2 Å². The number of aryl methyl sites for hydroxylation is 1. The Balaban J connectivity index is 1.80. The molecule has 0 bridgehead atoms. The van der Waals surface area contributed by atoms with Crippen LogP contribution in [0.4, 0.5) is 10.5 Å². The Morgan fingerprint density at radius 1 is 1.50 bits per heavy atom. The molecule has 0 saturated carbocycles. The van der Waals surface area contributed by atoms with Crippen LogP contribution in [0, 0.1) is 12.8 Å². The molecule has 0 spiro atoms. The van der Waals surface area contributed by atoms with Gasteiger partial charge in [0.15, 0.2) is 0 Å². The van der Waals surface area contributed by atoms with Gasteiger partial charge in [0, 0.05) is 17.8 Å². The first-order valence-corrected chi connectivity index (χ1v) is 8.16. The fourth-order valence-electron chi connectivity index (χ4n) is 3.16. The number of likely N-dealkylation sites (tertiary alicyclic amines) is 1. The van der Waals surface area contributed by atoms with Crippen LogP contribution in [0.25, 0.3) is 11.5 Å². The number of anilines is 1. The molecule has 0 aliphatic carbocycles. The molecule has 0 radical (unpaired) electrons. The Labute approximate surface area is 140 Å². The number of benzene rings is 1. The van der Waals surface area contributed by atoms with Crippen molar-refractivity contribution in [3.63, 3.8) is 0 Å². The smallest absolute Gasteiger partial charge is 0.322 e. The van der Waals surface area contributed by atoms with E-state index in [1.165, 1.54) is 6.39 Å². The van der Waals surface area contributed by atoms with E-state index in [4.69, 9.17) is 4.42 Å². The second-order valence-electron chi connectivity index (χ2n) is 6.27. The van der Waals surface area contributed by atoms with E-state index >= 15 is 0 Å². The number of aliphatic hydroxyl groups is 1. The molecular weight excluding hydrogens is 308 g/mol. The van der Waals surface area contributed by atoms with Crippen molar-refractivity contribution < 1.29 is 14.3 Å². The highest BCUT2D eigenvalue weighted by Gasteiger charge is 2.31. The minimum absolute atomic E-state index is 0.0183. The molecule has 1 aliphatic heterocycles. The lowest BCUT2D eigenvalue weighted by molar-refractivity contribution is 0.0811. The zero-order valence-electron chi connectivity index (χ0n) is 13.9. The molecule has 1 fully saturated rings. The van der Waals surface area contributed by atoms with Crippen LogP contribution in [-0.2, 0) is 0 Å². The van der Waals surface area contributed by atoms with E-state index in [9.17, 15) is 9.90 Å². The second kappa shape index (κ2) is 7.00. The van der Waals surface area contributed by atoms with Gasteiger partial charge >= 0.3 is 6.03 Å². The van der Waals surface area contributed by atoms with Crippen LogP contribution in [0.3, 0.4) is 0 Å². The van der Waals surface area contributed by atoms with Crippen LogP contribution in [-0.4, -0.2) is 45.4 Å². The predicted molar refractivity (Wildman–Crippen MR) is 89.5 cm³/mol. The highest BCUT2D eigenvalue weighted by Crippen LogP contribution is 2.27. The van der Waals surface area contributed by atoms with Gasteiger partial charge in [-0.1, -0.05) is 13.0 Å². The summed E-state index contributed by atoms with van der Waals surface area (Å²) >= 11 is 0. The topological polar surface area (TPSA) is 91.5 Å². The van der Waals surface area contributed by atoms with Crippen LogP contribution in [0.2, 0.25) is 0 Å². The molecule has 2 amide bonds. The Bertz CT molecular complexity index is 702. The van der Waals surface area contributed by atoms with E-state index < -0.39 is 0 Å². The average Bonchev–Trinajstić information content (AvgIpc) is 3.11. The molecule has 3 rings (SSSR count). The maximum absolute atomic E-state index is 12.7. The highest BCUT2D eigenvalue weighted by molar-refractivity contribution is 5.91. The van der Waals surface area contributed by atoms with Crippen LogP contribution >= 0.6 is 0 Å². The number of urea groups is 1. The number of rotatable bonds is 3. The van der Waals surface area contributed by atoms with Gasteiger partial charge in [-0.25, -0.2) is 4.79 Å². The van der Waals surface area contributed by atoms with E-state index in [1.54, 1.807) is 4.90 Å². The molecule has 2 aromatic rings. The first-order valence-electron chi connectivity index (χ1n) is 8.16. The predicted octanol–water partition coefficient (Wildman–Crippen LogP) is 2.67. The SMILES string of the molecule is Cc1ccc(-c2nnco2)cc1NC(=O)N1CCCC(C)C1CO. The molecule has 1 saturated heterocycles. The van der Waals surface area contributed by atoms with E-state index in [1.807, 2.05) is 25.1 Å². The van der Waals surface area contributed by atoms with Crippen molar-refractivity contribution in [2.24, 2.45) is 5.92 Å². The van der Waals surface area contributed by atoms with Crippen LogP contribution < -0.4 is 5.32 Å². The Morgan fingerprint density at radius 3 is 3.04 bits per heavy atom. The van der Waals surface area contributed by atoms with Gasteiger partial charge in [-0.05, 0) is 43.4 Å². The Kier molecular flexibility index (Phi) is 4.80. The number of carbonyl (C=O) groups is 1. The summed E-state index contributed by atoms with van der Waals surface area (Å²) in [4.78, 5) is 14.4. The molecule has 2 atom stereocenters. The van der Waals surface area contributed by atoms with Crippen molar-refractivity contribution in [2.45, 2.75) is 32.7 Å². The lowest BCUT2D eigenvalue weighted by Crippen LogP contribution is -2.51. The molecule has 7 heteroatoms. The zero-order chi connectivity index (χ0) is 17.1. The molecule has 128 valence electrons. The Morgan fingerprint density at radius 2 is 2.33 bits per heavy atom. The molecule has 2 heterocycles. The van der Waals surface area contributed by atoms with Crippen LogP contribution in [0.15, 0.2) is 29.0 Å². The van der Waals surface area contributed by atoms with Gasteiger partial charge in [0.05, 0.1) is 12.6 Å². The van der Waals surface area contributed by atoms with Crippen molar-refractivity contribution in [1.82, 2.24) is 15.1 Å². The minimum atomic E-state index is -0.189. The van der Waals surface area contributed by atoms with Crippen LogP contribution in [0.1, 0.15) is 25.3 Å². The van der Waals surface area contributed by atoms with Crippen molar-refractivity contribution in [1.29, 1.82) is 0 Å². The zero-order valence-corrected chi connectivity index (χ0v) is 13.9. The molecule has 1 aromatic heterocycles. The summed E-state index contributed by atoms with van der Waals surface area (Å²) in [6, 6.07) is 5.27. The van der Waals surface area contributed by atoms with E-state index in [2.05, 4.69) is 22.4 Å². The number of hydrogen-bond donors (Lipinski definition) is 2. The minimum Gasteiger partial charge on any atom is -0.423 e. The monoisotopic (exact) mass is 330 g/mol. The molecule has 7 nitrogen and oxygen atoms in total. The fourth-order valence-corrected chi connectivity index (χ4v) is 3.16. The third-order valence-electron chi connectivity index (χ3n) is 4.65. The van der Waals surface area contributed by atoms with Gasteiger partial charge < -0.3 is 19.7 Å². The van der Waals surface area contributed by atoms with Crippen molar-refractivity contribution in [3.05, 3.63) is 30.2 Å². The number of aromatic nitrogens is 2. The number of nitrogens with one attached hydrogen (secondary N) is 1. The van der Waals surface area contributed by atoms with Crippen molar-refractivity contribution >= 4 is 11.7 Å². The van der Waals surface area contributed by atoms with Gasteiger partial charge in [0.1, 0.15) is 0 Å². The summed E-state index contributed by atoms with van der Waals surface area (Å²) in [6.45, 7) is 4.64. The first kappa shape index (κ1) is 16.4. The summed E-state index contributed by atoms with van der Waals surface area (Å²) in [5, 5.41) is 20.1. The normalized spacial score (nSPS) is 20.9. The summed E-state index contributed by atoms with van der Waals surface area (Å²) in [7, 11) is 0. The maximum Gasteiger partial charge on any atom is 0.322 e. The number of carbonyl (C=O) groups excluding carboxylic acids is 1. The first-order chi connectivity index (χ1) is 11.6. The number of hydrogen-bond acceptors (Lipinski definition) is 5. The molecule has 1 aromatic carbocycles. The van der Waals surface area contributed by atoms with Gasteiger partial charge in [-0.2, -0.15) is 0 Å². The molecular formula is C17H22N4O3. The van der Waals surface area contributed by atoms with E-state index in [-0.39, 0.29) is 18.7 Å². The lowest BCUT2D eigenvalue weighted by atomic mass is 9.91. The molecule has 1 aliphatic rings. The number of amides is 2. The molecule has 24 heavy (non-hydrogen) atoms. The number of aliphatic hydroxyl groups excluding tert-OH is 1. The Hall–Kier alpha value is -2.41. The summed E-state index contributed by atoms with van der Waals surface area (Å²) in [6.07, 6.45) is 3.25. The van der Waals surface area contributed by atoms with Gasteiger partial charge in [0.25, 0.3) is 0 Å². The number of piperidine rings is 1. The van der Waals surface area contributed by atoms with Gasteiger partial charge in [0.2, 0.25) is 12.3 Å². The molecule has 2 N–H and O–H groups in total. The van der Waals surface area contributed by atoms with Crippen molar-refractivity contribution in [2.75, 3.05) is 18.5 Å². The van der Waals surface area contributed by atoms with E-state index in [0.717, 1.165) is 24.0 Å². The fraction of sp³-hybridized carbons (Fsp3) is 0.471. The number of nitrogens with zero attached hydrogens (tertiary/aromatic N) is 3. The van der Waals surface area contributed by atoms with Crippen LogP contribution in [0.5, 0.6) is 0 Å². The second-order valence-corrected chi connectivity index (χ2v) is 6.27.